The number of benzene rings is 1. The Morgan fingerprint density at radius 3 is 2.52 bits per heavy atom. The van der Waals surface area contributed by atoms with Crippen LogP contribution in [-0.4, -0.2) is 18.1 Å². The molecule has 3 saturated carbocycles. The summed E-state index contributed by atoms with van der Waals surface area (Å²) in [6.07, 6.45) is -1.54. The number of hydrogen-bond donors (Lipinski definition) is 1. The lowest BCUT2D eigenvalue weighted by Crippen LogP contribution is -2.63. The van der Waals surface area contributed by atoms with E-state index in [0.717, 1.165) is 31.4 Å². The molecule has 1 aromatic rings. The van der Waals surface area contributed by atoms with Crippen LogP contribution in [0, 0.1) is 5.92 Å². The number of carbonyl (C=O) groups excluding carboxylic acids is 1. The van der Waals surface area contributed by atoms with Crippen LogP contribution in [0.5, 0.6) is 0 Å². The van der Waals surface area contributed by atoms with E-state index in [1.165, 1.54) is 6.07 Å². The quantitative estimate of drug-likeness (QED) is 0.858. The van der Waals surface area contributed by atoms with Crippen LogP contribution in [0.3, 0.4) is 0 Å². The van der Waals surface area contributed by atoms with Gasteiger partial charge in [0.2, 0.25) is 0 Å². The van der Waals surface area contributed by atoms with Gasteiger partial charge in [-0.1, -0.05) is 0 Å². The van der Waals surface area contributed by atoms with Crippen molar-refractivity contribution in [1.29, 1.82) is 0 Å². The lowest BCUT2D eigenvalue weighted by Gasteiger charge is -2.62. The summed E-state index contributed by atoms with van der Waals surface area (Å²) in [7, 11) is 0. The molecule has 3 aliphatic carbocycles. The highest BCUT2D eigenvalue weighted by molar-refractivity contribution is 5.96. The molecule has 0 spiro atoms. The molecular formula is C15H16F3NO2. The molecule has 3 fully saturated rings. The highest BCUT2D eigenvalue weighted by Gasteiger charge is 2.56. The number of anilines is 1. The molecular weight excluding hydrogens is 283 g/mol. The van der Waals surface area contributed by atoms with E-state index in [1.807, 2.05) is 0 Å². The van der Waals surface area contributed by atoms with Gasteiger partial charge in [-0.05, 0) is 50.3 Å². The number of nitrogens with one attached hydrogen (secondary N) is 1. The maximum atomic E-state index is 12.8. The zero-order chi connectivity index (χ0) is 15.3. The van der Waals surface area contributed by atoms with Crippen molar-refractivity contribution in [3.63, 3.8) is 0 Å². The molecule has 3 nitrogen and oxygen atoms in total. The third-order valence-electron chi connectivity index (χ3n) is 4.28. The number of carbonyl (C=O) groups is 1. The van der Waals surface area contributed by atoms with Crippen LogP contribution in [0.2, 0.25) is 0 Å². The molecule has 6 heteroatoms. The Labute approximate surface area is 120 Å². The molecule has 0 unspecified atom stereocenters. The zero-order valence-electron chi connectivity index (χ0n) is 11.6. The molecule has 0 saturated heterocycles. The molecule has 21 heavy (non-hydrogen) atoms. The summed E-state index contributed by atoms with van der Waals surface area (Å²) >= 11 is 0. The Hall–Kier alpha value is -1.72. The second-order valence-electron chi connectivity index (χ2n) is 5.86. The van der Waals surface area contributed by atoms with E-state index in [9.17, 15) is 18.0 Å². The van der Waals surface area contributed by atoms with Crippen LogP contribution in [0.15, 0.2) is 18.2 Å². The smallest absolute Gasteiger partial charge is 0.416 e. The molecule has 0 radical (unpaired) electrons. The zero-order valence-corrected chi connectivity index (χ0v) is 11.6. The number of rotatable bonds is 4. The fraction of sp³-hybridized carbons (Fsp3) is 0.533. The predicted molar refractivity (Wildman–Crippen MR) is 71.1 cm³/mol. The van der Waals surface area contributed by atoms with Crippen LogP contribution in [0.4, 0.5) is 18.9 Å². The second-order valence-corrected chi connectivity index (χ2v) is 5.86. The average molecular weight is 299 g/mol. The lowest BCUT2D eigenvalue weighted by molar-refractivity contribution is -0.137. The van der Waals surface area contributed by atoms with Crippen molar-refractivity contribution in [1.82, 2.24) is 0 Å². The van der Waals surface area contributed by atoms with Crippen molar-refractivity contribution in [2.75, 3.05) is 11.9 Å². The Bertz CT molecular complexity index is 566. The minimum Gasteiger partial charge on any atom is -0.462 e. The molecule has 0 aromatic heterocycles. The topological polar surface area (TPSA) is 38.3 Å². The summed E-state index contributed by atoms with van der Waals surface area (Å²) in [5, 5.41) is 3.14. The number of hydrogen-bond acceptors (Lipinski definition) is 3. The minimum absolute atomic E-state index is 0.115. The summed E-state index contributed by atoms with van der Waals surface area (Å²) in [5.41, 5.74) is -0.489. The highest BCUT2D eigenvalue weighted by atomic mass is 19.4. The standard InChI is InChI=1S/C15H16F3NO2/c1-2-21-13(20)11-4-3-10(15(16,17)18)5-12(11)19-14-6-9(7-14)8-14/h3-5,9,19H,2,6-8H2,1H3. The van der Waals surface area contributed by atoms with Crippen LogP contribution in [0.25, 0.3) is 0 Å². The Morgan fingerprint density at radius 1 is 1.38 bits per heavy atom. The van der Waals surface area contributed by atoms with E-state index in [1.54, 1.807) is 6.92 Å². The Balaban J connectivity index is 1.92. The van der Waals surface area contributed by atoms with Crippen molar-refractivity contribution >= 4 is 11.7 Å². The number of ether oxygens (including phenoxy) is 1. The van der Waals surface area contributed by atoms with Crippen molar-refractivity contribution in [2.45, 2.75) is 37.9 Å². The maximum Gasteiger partial charge on any atom is 0.416 e. The van der Waals surface area contributed by atoms with E-state index in [0.29, 0.717) is 5.92 Å². The summed E-state index contributed by atoms with van der Waals surface area (Å²) in [6, 6.07) is 3.11. The van der Waals surface area contributed by atoms with Crippen molar-refractivity contribution in [3.8, 4) is 0 Å². The van der Waals surface area contributed by atoms with Gasteiger partial charge in [0, 0.05) is 11.2 Å². The minimum atomic E-state index is -4.43. The monoisotopic (exact) mass is 299 g/mol. The third kappa shape index (κ3) is 2.47. The number of halogens is 3. The van der Waals surface area contributed by atoms with Crippen molar-refractivity contribution in [2.24, 2.45) is 5.92 Å². The molecule has 0 heterocycles. The summed E-state index contributed by atoms with van der Waals surface area (Å²) < 4.78 is 43.4. The molecule has 0 atom stereocenters. The van der Waals surface area contributed by atoms with E-state index >= 15 is 0 Å². The van der Waals surface area contributed by atoms with Gasteiger partial charge in [-0.25, -0.2) is 4.79 Å². The molecule has 1 aromatic carbocycles. The largest absolute Gasteiger partial charge is 0.462 e. The summed E-state index contributed by atoms with van der Waals surface area (Å²) in [5.74, 6) is 0.0923. The molecule has 114 valence electrons. The Kier molecular flexibility index (Phi) is 3.15. The number of alkyl halides is 3. The average Bonchev–Trinajstić information content (AvgIpc) is 2.31. The van der Waals surface area contributed by atoms with Crippen LogP contribution in [0.1, 0.15) is 42.1 Å². The van der Waals surface area contributed by atoms with E-state index in [2.05, 4.69) is 5.32 Å². The molecule has 3 aliphatic rings. The molecule has 1 N–H and O–H groups in total. The first kappa shape index (κ1) is 14.2. The third-order valence-corrected chi connectivity index (χ3v) is 4.28. The van der Waals surface area contributed by atoms with Crippen molar-refractivity contribution < 1.29 is 22.7 Å². The normalized spacial score (nSPS) is 26.6. The van der Waals surface area contributed by atoms with Gasteiger partial charge in [-0.15, -0.1) is 0 Å². The number of esters is 1. The van der Waals surface area contributed by atoms with Crippen LogP contribution < -0.4 is 5.32 Å². The van der Waals surface area contributed by atoms with Crippen molar-refractivity contribution in [3.05, 3.63) is 29.3 Å². The van der Waals surface area contributed by atoms with Crippen LogP contribution >= 0.6 is 0 Å². The molecule has 0 aliphatic heterocycles. The first-order valence-electron chi connectivity index (χ1n) is 6.99. The molecule has 2 bridgehead atoms. The van der Waals surface area contributed by atoms with Gasteiger partial charge in [0.1, 0.15) is 0 Å². The van der Waals surface area contributed by atoms with Gasteiger partial charge in [0.15, 0.2) is 0 Å². The van der Waals surface area contributed by atoms with E-state index < -0.39 is 17.7 Å². The molecule has 0 amide bonds. The first-order valence-corrected chi connectivity index (χ1v) is 6.99. The van der Waals surface area contributed by atoms with Gasteiger partial charge in [0.05, 0.1) is 17.7 Å². The SMILES string of the molecule is CCOC(=O)c1ccc(C(F)(F)F)cc1NC12CC(C1)C2. The Morgan fingerprint density at radius 2 is 2.05 bits per heavy atom. The highest BCUT2D eigenvalue weighted by Crippen LogP contribution is 2.58. The van der Waals surface area contributed by atoms with Gasteiger partial charge in [-0.2, -0.15) is 13.2 Å². The first-order chi connectivity index (χ1) is 9.83. The fourth-order valence-electron chi connectivity index (χ4n) is 3.13. The van der Waals surface area contributed by atoms with Gasteiger partial charge in [-0.3, -0.25) is 0 Å². The summed E-state index contributed by atoms with van der Waals surface area (Å²) in [6.45, 7) is 1.85. The maximum absolute atomic E-state index is 12.8. The van der Waals surface area contributed by atoms with Gasteiger partial charge in [0.25, 0.3) is 0 Å². The predicted octanol–water partition coefficient (Wildman–Crippen LogP) is 3.85. The fourth-order valence-corrected chi connectivity index (χ4v) is 3.13. The molecule has 4 rings (SSSR count). The second kappa shape index (κ2) is 4.64. The van der Waals surface area contributed by atoms with Gasteiger partial charge >= 0.3 is 12.1 Å². The van der Waals surface area contributed by atoms with E-state index in [4.69, 9.17) is 4.74 Å². The van der Waals surface area contributed by atoms with Crippen LogP contribution in [-0.2, 0) is 10.9 Å². The lowest BCUT2D eigenvalue weighted by atomic mass is 9.50. The summed E-state index contributed by atoms with van der Waals surface area (Å²) in [4.78, 5) is 11.9. The van der Waals surface area contributed by atoms with Gasteiger partial charge < -0.3 is 10.1 Å². The van der Waals surface area contributed by atoms with E-state index in [-0.39, 0.29) is 23.4 Å².